The fraction of sp³-hybridized carbons (Fsp3) is 0.455. The predicted molar refractivity (Wildman–Crippen MR) is 119 cm³/mol. The van der Waals surface area contributed by atoms with Crippen molar-refractivity contribution in [1.82, 2.24) is 9.97 Å². The number of hydrogen-bond donors (Lipinski definition) is 0. The predicted octanol–water partition coefficient (Wildman–Crippen LogP) is 4.67. The minimum absolute atomic E-state index is 0.149. The molecule has 0 radical (unpaired) electrons. The van der Waals surface area contributed by atoms with Gasteiger partial charge in [0.15, 0.2) is 5.16 Å². The number of rotatable bonds is 4. The Hall–Kier alpha value is -1.67. The lowest BCUT2D eigenvalue weighted by atomic mass is 9.94. The lowest BCUT2D eigenvalue weighted by Gasteiger charge is -2.32. The summed E-state index contributed by atoms with van der Waals surface area (Å²) < 4.78 is 11.7. The molecule has 2 aliphatic rings. The van der Waals surface area contributed by atoms with Crippen LogP contribution < -0.4 is 4.90 Å². The highest BCUT2D eigenvalue weighted by Gasteiger charge is 2.32. The number of nitrogens with zero attached hydrogens (tertiary/aromatic N) is 3. The van der Waals surface area contributed by atoms with Crippen LogP contribution in [0.1, 0.15) is 29.9 Å². The van der Waals surface area contributed by atoms with Crippen LogP contribution in [0.2, 0.25) is 0 Å². The summed E-state index contributed by atoms with van der Waals surface area (Å²) in [5, 5.41) is 2.08. The summed E-state index contributed by atoms with van der Waals surface area (Å²) in [6, 6.07) is 10.5. The number of hydrogen-bond acceptors (Lipinski definition) is 7. The van der Waals surface area contributed by atoms with Gasteiger partial charge < -0.3 is 14.4 Å². The maximum absolute atomic E-state index is 6.07. The molecule has 29 heavy (non-hydrogen) atoms. The maximum atomic E-state index is 6.07. The first-order valence-corrected chi connectivity index (χ1v) is 11.8. The topological polar surface area (TPSA) is 47.5 Å². The third-order valence-corrected chi connectivity index (χ3v) is 7.43. The van der Waals surface area contributed by atoms with Crippen molar-refractivity contribution in [2.75, 3.05) is 31.2 Å². The summed E-state index contributed by atoms with van der Waals surface area (Å²) in [4.78, 5) is 14.8. The Balaban J connectivity index is 1.56. The second kappa shape index (κ2) is 7.87. The van der Waals surface area contributed by atoms with Crippen LogP contribution in [0.4, 0.5) is 5.82 Å². The van der Waals surface area contributed by atoms with Crippen molar-refractivity contribution in [2.45, 2.75) is 43.4 Å². The van der Waals surface area contributed by atoms with E-state index < -0.39 is 0 Å². The summed E-state index contributed by atoms with van der Waals surface area (Å²) in [7, 11) is 0. The Bertz CT molecular complexity index is 1010. The van der Waals surface area contributed by atoms with Crippen molar-refractivity contribution in [3.8, 4) is 0 Å². The van der Waals surface area contributed by atoms with E-state index in [-0.39, 0.29) is 5.60 Å². The first-order chi connectivity index (χ1) is 14.1. The van der Waals surface area contributed by atoms with Gasteiger partial charge in [0.05, 0.1) is 30.8 Å². The number of fused-ring (bicyclic) bond motifs is 3. The summed E-state index contributed by atoms with van der Waals surface area (Å²) in [5.74, 6) is 1.94. The Morgan fingerprint density at radius 1 is 1.14 bits per heavy atom. The smallest absolute Gasteiger partial charge is 0.191 e. The molecule has 5 rings (SSSR count). The molecule has 0 bridgehead atoms. The van der Waals surface area contributed by atoms with Crippen LogP contribution in [-0.4, -0.2) is 41.9 Å². The number of ether oxygens (including phenoxy) is 2. The van der Waals surface area contributed by atoms with E-state index in [2.05, 4.69) is 43.0 Å². The van der Waals surface area contributed by atoms with Gasteiger partial charge in [-0.25, -0.2) is 9.97 Å². The number of anilines is 1. The molecule has 1 fully saturated rings. The standard InChI is InChI=1S/C22H25N3O2S2/c1-22(2)12-16-17(13-27-22)29-20-18(16)19(25-8-10-26-11-9-25)23-21(24-20)28-14-15-6-4-3-5-7-15/h3-7H,8-14H2,1-2H3. The summed E-state index contributed by atoms with van der Waals surface area (Å²) in [5.41, 5.74) is 2.52. The minimum atomic E-state index is -0.149. The molecule has 0 spiro atoms. The highest BCUT2D eigenvalue weighted by Crippen LogP contribution is 2.42. The van der Waals surface area contributed by atoms with Gasteiger partial charge in [0.25, 0.3) is 0 Å². The highest BCUT2D eigenvalue weighted by molar-refractivity contribution is 7.98. The number of thiophene rings is 1. The molecule has 1 aromatic carbocycles. The Kier molecular flexibility index (Phi) is 5.24. The first kappa shape index (κ1) is 19.3. The lowest BCUT2D eigenvalue weighted by molar-refractivity contribution is -0.0379. The normalized spacial score (nSPS) is 18.8. The van der Waals surface area contributed by atoms with Gasteiger partial charge >= 0.3 is 0 Å². The Labute approximate surface area is 179 Å². The molecule has 1 saturated heterocycles. The van der Waals surface area contributed by atoms with Crippen LogP contribution in [0.15, 0.2) is 35.5 Å². The van der Waals surface area contributed by atoms with E-state index in [1.165, 1.54) is 21.4 Å². The minimum Gasteiger partial charge on any atom is -0.378 e. The van der Waals surface area contributed by atoms with Crippen molar-refractivity contribution in [3.05, 3.63) is 46.3 Å². The number of thioether (sulfide) groups is 1. The summed E-state index contributed by atoms with van der Waals surface area (Å²) in [6.45, 7) is 8.24. The van der Waals surface area contributed by atoms with Crippen LogP contribution in [0.3, 0.4) is 0 Å². The Morgan fingerprint density at radius 2 is 1.93 bits per heavy atom. The van der Waals surface area contributed by atoms with Gasteiger partial charge in [-0.15, -0.1) is 11.3 Å². The molecule has 0 aliphatic carbocycles. The van der Waals surface area contributed by atoms with E-state index >= 15 is 0 Å². The average molecular weight is 428 g/mol. The van der Waals surface area contributed by atoms with Crippen molar-refractivity contribution in [1.29, 1.82) is 0 Å². The molecule has 2 aromatic heterocycles. The fourth-order valence-electron chi connectivity index (χ4n) is 3.90. The molecular weight excluding hydrogens is 402 g/mol. The SMILES string of the molecule is CC1(C)Cc2c(sc3nc(SCc4ccccc4)nc(N4CCOCC4)c23)CO1. The summed E-state index contributed by atoms with van der Waals surface area (Å²) in [6.07, 6.45) is 0.902. The number of aromatic nitrogens is 2. The van der Waals surface area contributed by atoms with Crippen molar-refractivity contribution >= 4 is 39.1 Å². The van der Waals surface area contributed by atoms with E-state index in [1.54, 1.807) is 23.1 Å². The van der Waals surface area contributed by atoms with Crippen LogP contribution in [0.25, 0.3) is 10.2 Å². The monoisotopic (exact) mass is 427 g/mol. The molecule has 0 unspecified atom stereocenters. The van der Waals surface area contributed by atoms with E-state index in [4.69, 9.17) is 19.4 Å². The van der Waals surface area contributed by atoms with Gasteiger partial charge in [-0.05, 0) is 25.0 Å². The molecular formula is C22H25N3O2S2. The average Bonchev–Trinajstić information content (AvgIpc) is 3.09. The van der Waals surface area contributed by atoms with Crippen molar-refractivity contribution < 1.29 is 9.47 Å². The second-order valence-electron chi connectivity index (χ2n) is 8.11. The van der Waals surface area contributed by atoms with Crippen molar-refractivity contribution in [3.63, 3.8) is 0 Å². The maximum Gasteiger partial charge on any atom is 0.191 e. The van der Waals surface area contributed by atoms with Gasteiger partial charge in [-0.1, -0.05) is 42.1 Å². The van der Waals surface area contributed by atoms with E-state index in [1.807, 2.05) is 6.07 Å². The highest BCUT2D eigenvalue weighted by atomic mass is 32.2. The quantitative estimate of drug-likeness (QED) is 0.445. The second-order valence-corrected chi connectivity index (χ2v) is 10.1. The van der Waals surface area contributed by atoms with Gasteiger partial charge in [-0.2, -0.15) is 0 Å². The third-order valence-electron chi connectivity index (χ3n) is 5.41. The first-order valence-electron chi connectivity index (χ1n) is 10.0. The molecule has 5 nitrogen and oxygen atoms in total. The third kappa shape index (κ3) is 4.01. The summed E-state index contributed by atoms with van der Waals surface area (Å²) >= 11 is 3.47. The largest absolute Gasteiger partial charge is 0.378 e. The zero-order valence-corrected chi connectivity index (χ0v) is 18.4. The molecule has 0 N–H and O–H groups in total. The molecule has 152 valence electrons. The lowest BCUT2D eigenvalue weighted by Crippen LogP contribution is -2.37. The van der Waals surface area contributed by atoms with Crippen molar-refractivity contribution in [2.24, 2.45) is 0 Å². The van der Waals surface area contributed by atoms with Crippen LogP contribution in [0, 0.1) is 0 Å². The van der Waals surface area contributed by atoms with Crippen LogP contribution in [-0.2, 0) is 28.3 Å². The van der Waals surface area contributed by atoms with Gasteiger partial charge in [0, 0.05) is 30.1 Å². The fourth-order valence-corrected chi connectivity index (χ4v) is 5.85. The molecule has 0 atom stereocenters. The van der Waals surface area contributed by atoms with E-state index in [0.29, 0.717) is 6.61 Å². The molecule has 7 heteroatoms. The molecule has 0 amide bonds. The molecule has 2 aliphatic heterocycles. The van der Waals surface area contributed by atoms with Crippen LogP contribution >= 0.6 is 23.1 Å². The molecule has 4 heterocycles. The van der Waals surface area contributed by atoms with E-state index in [0.717, 1.165) is 54.3 Å². The van der Waals surface area contributed by atoms with E-state index in [9.17, 15) is 0 Å². The van der Waals surface area contributed by atoms with Gasteiger partial charge in [0.1, 0.15) is 10.6 Å². The number of benzene rings is 1. The van der Waals surface area contributed by atoms with Gasteiger partial charge in [0.2, 0.25) is 0 Å². The van der Waals surface area contributed by atoms with Crippen LogP contribution in [0.5, 0.6) is 0 Å². The molecule has 3 aromatic rings. The Morgan fingerprint density at radius 3 is 2.72 bits per heavy atom. The number of morpholine rings is 1. The molecule has 0 saturated carbocycles. The zero-order valence-electron chi connectivity index (χ0n) is 16.8. The zero-order chi connectivity index (χ0) is 19.8. The van der Waals surface area contributed by atoms with Gasteiger partial charge in [-0.3, -0.25) is 0 Å².